The normalized spacial score (nSPS) is 21.6. The predicted molar refractivity (Wildman–Crippen MR) is 67.1 cm³/mol. The second kappa shape index (κ2) is 5.91. The zero-order chi connectivity index (χ0) is 14.6. The lowest BCUT2D eigenvalue weighted by atomic mass is 9.99. The van der Waals surface area contributed by atoms with Gasteiger partial charge in [0.15, 0.2) is 5.54 Å². The zero-order valence-corrected chi connectivity index (χ0v) is 11.1. The summed E-state index contributed by atoms with van der Waals surface area (Å²) in [7, 11) is 0. The Hall–Kier alpha value is -2.09. The van der Waals surface area contributed by atoms with Crippen LogP contribution in [0.25, 0.3) is 0 Å². The molecule has 1 aliphatic heterocycles. The lowest BCUT2D eigenvalue weighted by molar-refractivity contribution is -0.144. The summed E-state index contributed by atoms with van der Waals surface area (Å²) >= 11 is 0. The number of ether oxygens (including phenoxy) is 1. The minimum atomic E-state index is -1.35. The molecule has 0 saturated carbocycles. The van der Waals surface area contributed by atoms with Crippen molar-refractivity contribution in [2.24, 2.45) is 0 Å². The van der Waals surface area contributed by atoms with E-state index in [1.807, 2.05) is 6.92 Å². The summed E-state index contributed by atoms with van der Waals surface area (Å²) in [5.41, 5.74) is -1.35. The number of hydrogen-bond acceptors (Lipinski definition) is 5. The minimum Gasteiger partial charge on any atom is -0.479 e. The van der Waals surface area contributed by atoms with Gasteiger partial charge in [0.2, 0.25) is 5.89 Å². The van der Waals surface area contributed by atoms with Crippen molar-refractivity contribution in [3.8, 4) is 0 Å². The van der Waals surface area contributed by atoms with Crippen LogP contribution in [0.4, 0.5) is 4.79 Å². The molecule has 8 nitrogen and oxygen atoms in total. The quantitative estimate of drug-likeness (QED) is 0.715. The second-order valence-corrected chi connectivity index (χ2v) is 4.57. The molecule has 1 atom stereocenters. The summed E-state index contributed by atoms with van der Waals surface area (Å²) in [5.74, 6) is 0.00648. The number of carboxylic acids is 1. The van der Waals surface area contributed by atoms with Gasteiger partial charge in [-0.15, -0.1) is 0 Å². The molecule has 20 heavy (non-hydrogen) atoms. The van der Waals surface area contributed by atoms with Gasteiger partial charge in [0.05, 0.1) is 19.3 Å². The van der Waals surface area contributed by atoms with Crippen LogP contribution in [0.5, 0.6) is 0 Å². The number of oxazole rings is 1. The molecule has 8 heteroatoms. The summed E-state index contributed by atoms with van der Waals surface area (Å²) in [6, 6.07) is -0.589. The number of carboxylic acid groups (broad SMARTS) is 1. The molecule has 2 rings (SSSR count). The van der Waals surface area contributed by atoms with Gasteiger partial charge in [-0.2, -0.15) is 0 Å². The third-order valence-corrected chi connectivity index (χ3v) is 3.13. The monoisotopic (exact) mass is 283 g/mol. The summed E-state index contributed by atoms with van der Waals surface area (Å²) < 4.78 is 10.4. The van der Waals surface area contributed by atoms with E-state index >= 15 is 0 Å². The second-order valence-electron chi connectivity index (χ2n) is 4.57. The summed E-state index contributed by atoms with van der Waals surface area (Å²) in [6.07, 6.45) is 2.56. The van der Waals surface area contributed by atoms with E-state index in [0.29, 0.717) is 12.5 Å². The summed E-state index contributed by atoms with van der Waals surface area (Å²) in [5, 5.41) is 14.1. The highest BCUT2D eigenvalue weighted by Gasteiger charge is 2.43. The number of carbonyl (C=O) groups excluding carboxylic acids is 1. The fraction of sp³-hybridized carbons (Fsp3) is 0.583. The number of nitrogens with one attached hydrogen (secondary N) is 2. The first kappa shape index (κ1) is 14.3. The van der Waals surface area contributed by atoms with Crippen LogP contribution in [0.1, 0.15) is 25.0 Å². The van der Waals surface area contributed by atoms with Crippen molar-refractivity contribution in [1.29, 1.82) is 0 Å². The number of aliphatic carboxylic acids is 1. The molecule has 2 heterocycles. The Kier molecular flexibility index (Phi) is 4.23. The van der Waals surface area contributed by atoms with Gasteiger partial charge in [-0.25, -0.2) is 14.6 Å². The standard InChI is InChI=1S/C12H17N3O5/c1-2-8-5-13-9(20-8)6-14-11(18)15-12(10(16)17)3-4-19-7-12/h5H,2-4,6-7H2,1H3,(H,16,17)(H2,14,15,18). The van der Waals surface area contributed by atoms with Gasteiger partial charge in [-0.05, 0) is 0 Å². The average molecular weight is 283 g/mol. The Morgan fingerprint density at radius 1 is 1.55 bits per heavy atom. The number of carbonyl (C=O) groups is 2. The molecule has 2 amide bonds. The van der Waals surface area contributed by atoms with Crippen molar-refractivity contribution in [3.05, 3.63) is 17.8 Å². The van der Waals surface area contributed by atoms with Gasteiger partial charge in [0.25, 0.3) is 0 Å². The first-order valence-corrected chi connectivity index (χ1v) is 6.36. The van der Waals surface area contributed by atoms with Crippen molar-refractivity contribution in [1.82, 2.24) is 15.6 Å². The van der Waals surface area contributed by atoms with Crippen molar-refractivity contribution in [2.75, 3.05) is 13.2 Å². The maximum Gasteiger partial charge on any atom is 0.332 e. The summed E-state index contributed by atoms with van der Waals surface area (Å²) in [4.78, 5) is 27.0. The molecule has 1 saturated heterocycles. The molecular weight excluding hydrogens is 266 g/mol. The molecule has 0 bridgehead atoms. The maximum absolute atomic E-state index is 11.7. The first-order valence-electron chi connectivity index (χ1n) is 6.36. The van der Waals surface area contributed by atoms with Crippen LogP contribution in [0.15, 0.2) is 10.6 Å². The fourth-order valence-electron chi connectivity index (χ4n) is 1.90. The van der Waals surface area contributed by atoms with Crippen molar-refractivity contribution < 1.29 is 23.8 Å². The Bertz CT molecular complexity index is 493. The largest absolute Gasteiger partial charge is 0.479 e. The van der Waals surface area contributed by atoms with Crippen molar-refractivity contribution in [3.63, 3.8) is 0 Å². The van der Waals surface area contributed by atoms with E-state index in [0.717, 1.165) is 12.2 Å². The van der Waals surface area contributed by atoms with Crippen LogP contribution < -0.4 is 10.6 Å². The van der Waals surface area contributed by atoms with E-state index in [1.54, 1.807) is 6.20 Å². The molecule has 1 fully saturated rings. The molecule has 1 aliphatic rings. The third-order valence-electron chi connectivity index (χ3n) is 3.13. The minimum absolute atomic E-state index is 0.0330. The molecule has 0 spiro atoms. The van der Waals surface area contributed by atoms with Crippen molar-refractivity contribution >= 4 is 12.0 Å². The molecule has 1 aromatic heterocycles. The van der Waals surface area contributed by atoms with E-state index < -0.39 is 17.5 Å². The molecule has 3 N–H and O–H groups in total. The number of hydrogen-bond donors (Lipinski definition) is 3. The van der Waals surface area contributed by atoms with Gasteiger partial charge in [-0.1, -0.05) is 6.92 Å². The lowest BCUT2D eigenvalue weighted by Crippen LogP contribution is -2.57. The molecule has 0 aromatic carbocycles. The summed E-state index contributed by atoms with van der Waals surface area (Å²) in [6.45, 7) is 2.31. The highest BCUT2D eigenvalue weighted by molar-refractivity contribution is 5.86. The van der Waals surface area contributed by atoms with Gasteiger partial charge in [0, 0.05) is 19.4 Å². The highest BCUT2D eigenvalue weighted by Crippen LogP contribution is 2.18. The van der Waals surface area contributed by atoms with E-state index in [9.17, 15) is 14.7 Å². The number of aryl methyl sites for hydroxylation is 1. The fourth-order valence-corrected chi connectivity index (χ4v) is 1.90. The number of urea groups is 1. The Morgan fingerprint density at radius 3 is 2.90 bits per heavy atom. The van der Waals surface area contributed by atoms with Crippen LogP contribution in [0.2, 0.25) is 0 Å². The SMILES string of the molecule is CCc1cnc(CNC(=O)NC2(C(=O)O)CCOC2)o1. The van der Waals surface area contributed by atoms with Gasteiger partial charge >= 0.3 is 12.0 Å². The van der Waals surface area contributed by atoms with Gasteiger partial charge in [-0.3, -0.25) is 0 Å². The van der Waals surface area contributed by atoms with Crippen LogP contribution in [0, 0.1) is 0 Å². The average Bonchev–Trinajstić information content (AvgIpc) is 3.05. The third kappa shape index (κ3) is 3.08. The molecule has 0 radical (unpaired) electrons. The Labute approximate surface area is 115 Å². The lowest BCUT2D eigenvalue weighted by Gasteiger charge is -2.23. The Morgan fingerprint density at radius 2 is 2.35 bits per heavy atom. The highest BCUT2D eigenvalue weighted by atomic mass is 16.5. The molecule has 1 unspecified atom stereocenters. The predicted octanol–water partition coefficient (Wildman–Crippen LogP) is 0.280. The van der Waals surface area contributed by atoms with E-state index in [1.165, 1.54) is 0 Å². The number of aromatic nitrogens is 1. The molecule has 0 aliphatic carbocycles. The van der Waals surface area contributed by atoms with Crippen LogP contribution >= 0.6 is 0 Å². The molecule has 110 valence electrons. The topological polar surface area (TPSA) is 114 Å². The number of amides is 2. The van der Waals surface area contributed by atoms with E-state index in [4.69, 9.17) is 9.15 Å². The van der Waals surface area contributed by atoms with Crippen LogP contribution in [-0.4, -0.2) is 40.8 Å². The van der Waals surface area contributed by atoms with E-state index in [-0.39, 0.29) is 19.6 Å². The van der Waals surface area contributed by atoms with Gasteiger partial charge in [0.1, 0.15) is 5.76 Å². The molecular formula is C12H17N3O5. The van der Waals surface area contributed by atoms with Crippen LogP contribution in [0.3, 0.4) is 0 Å². The Balaban J connectivity index is 1.87. The smallest absolute Gasteiger partial charge is 0.332 e. The maximum atomic E-state index is 11.7. The van der Waals surface area contributed by atoms with Crippen molar-refractivity contribution in [2.45, 2.75) is 31.8 Å². The first-order chi connectivity index (χ1) is 9.55. The van der Waals surface area contributed by atoms with Crippen LogP contribution in [-0.2, 0) is 22.5 Å². The molecule has 1 aromatic rings. The zero-order valence-electron chi connectivity index (χ0n) is 11.1. The number of rotatable bonds is 5. The van der Waals surface area contributed by atoms with E-state index in [2.05, 4.69) is 15.6 Å². The number of nitrogens with zero attached hydrogens (tertiary/aromatic N) is 1. The van der Waals surface area contributed by atoms with Gasteiger partial charge < -0.3 is 24.9 Å².